The van der Waals surface area contributed by atoms with Crippen LogP contribution in [0.15, 0.2) is 18.2 Å². The van der Waals surface area contributed by atoms with Crippen molar-refractivity contribution in [3.8, 4) is 0 Å². The Bertz CT molecular complexity index is 634. The van der Waals surface area contributed by atoms with Crippen molar-refractivity contribution >= 4 is 11.9 Å². The minimum absolute atomic E-state index is 0.151. The largest absolute Gasteiger partial charge is 0.339 e. The molecule has 3 amide bonds. The number of hydrogen-bond acceptors (Lipinski definition) is 2. The minimum atomic E-state index is -0.617. The predicted octanol–water partition coefficient (Wildman–Crippen LogP) is 1.82. The summed E-state index contributed by atoms with van der Waals surface area (Å²) in [7, 11) is 0. The van der Waals surface area contributed by atoms with Crippen molar-refractivity contribution in [2.45, 2.75) is 31.7 Å². The van der Waals surface area contributed by atoms with E-state index in [9.17, 15) is 18.4 Å². The van der Waals surface area contributed by atoms with E-state index in [0.717, 1.165) is 18.9 Å². The smallest absolute Gasteiger partial charge is 0.314 e. The molecule has 0 unspecified atom stereocenters. The fourth-order valence-electron chi connectivity index (χ4n) is 3.02. The van der Waals surface area contributed by atoms with Crippen LogP contribution in [0.4, 0.5) is 13.6 Å². The summed E-state index contributed by atoms with van der Waals surface area (Å²) in [6, 6.07) is 3.48. The third-order valence-corrected chi connectivity index (χ3v) is 4.47. The van der Waals surface area contributed by atoms with Gasteiger partial charge in [-0.15, -0.1) is 0 Å². The molecule has 7 heteroatoms. The van der Waals surface area contributed by atoms with Crippen LogP contribution in [0.1, 0.15) is 24.8 Å². The molecule has 1 aromatic carbocycles. The maximum Gasteiger partial charge on any atom is 0.314 e. The third kappa shape index (κ3) is 4.21. The standard InChI is InChI=1S/C17H21F2N3O2/c18-13-2-1-12(15(19)8-13)5-6-20-17(24)21-9-11-7-16(23)22(10-11)14-3-4-14/h1-2,8,11,14H,3-7,9-10H2,(H2,20,21,24)/t11-/m0/s1. The molecule has 3 rings (SSSR count). The molecule has 2 N–H and O–H groups in total. The van der Waals surface area contributed by atoms with E-state index < -0.39 is 11.6 Å². The quantitative estimate of drug-likeness (QED) is 0.832. The molecule has 1 aliphatic heterocycles. The molecule has 2 fully saturated rings. The number of halogens is 2. The molecule has 1 heterocycles. The van der Waals surface area contributed by atoms with Gasteiger partial charge in [0.15, 0.2) is 0 Å². The second-order valence-corrected chi connectivity index (χ2v) is 6.47. The van der Waals surface area contributed by atoms with Gasteiger partial charge in [-0.25, -0.2) is 13.6 Å². The molecule has 0 aromatic heterocycles. The van der Waals surface area contributed by atoms with Crippen molar-refractivity contribution in [2.24, 2.45) is 5.92 Å². The summed E-state index contributed by atoms with van der Waals surface area (Å²) < 4.78 is 26.3. The predicted molar refractivity (Wildman–Crippen MR) is 84.3 cm³/mol. The lowest BCUT2D eigenvalue weighted by Crippen LogP contribution is -2.39. The Labute approximate surface area is 139 Å². The monoisotopic (exact) mass is 337 g/mol. The van der Waals surface area contributed by atoms with Gasteiger partial charge in [0.25, 0.3) is 0 Å². The first-order valence-electron chi connectivity index (χ1n) is 8.28. The van der Waals surface area contributed by atoms with E-state index in [1.807, 2.05) is 4.90 Å². The van der Waals surface area contributed by atoms with Crippen molar-refractivity contribution in [1.82, 2.24) is 15.5 Å². The van der Waals surface area contributed by atoms with Gasteiger partial charge in [-0.05, 0) is 30.9 Å². The minimum Gasteiger partial charge on any atom is -0.339 e. The lowest BCUT2D eigenvalue weighted by Gasteiger charge is -2.15. The van der Waals surface area contributed by atoms with E-state index >= 15 is 0 Å². The van der Waals surface area contributed by atoms with Gasteiger partial charge in [-0.2, -0.15) is 0 Å². The Morgan fingerprint density at radius 2 is 2.04 bits per heavy atom. The van der Waals surface area contributed by atoms with Crippen molar-refractivity contribution in [1.29, 1.82) is 0 Å². The van der Waals surface area contributed by atoms with Gasteiger partial charge in [-0.1, -0.05) is 6.07 Å². The van der Waals surface area contributed by atoms with Gasteiger partial charge in [0.2, 0.25) is 5.91 Å². The fourth-order valence-corrected chi connectivity index (χ4v) is 3.02. The molecule has 0 radical (unpaired) electrons. The van der Waals surface area contributed by atoms with Crippen LogP contribution >= 0.6 is 0 Å². The zero-order valence-corrected chi connectivity index (χ0v) is 13.4. The van der Waals surface area contributed by atoms with Crippen LogP contribution in [-0.4, -0.2) is 42.5 Å². The molecular formula is C17H21F2N3O2. The van der Waals surface area contributed by atoms with Gasteiger partial charge in [0, 0.05) is 44.1 Å². The lowest BCUT2D eigenvalue weighted by atomic mass is 10.1. The number of carbonyl (C=O) groups excluding carboxylic acids is 2. The number of hydrogen-bond donors (Lipinski definition) is 2. The highest BCUT2D eigenvalue weighted by molar-refractivity contribution is 5.79. The van der Waals surface area contributed by atoms with Crippen LogP contribution in [0.2, 0.25) is 0 Å². The van der Waals surface area contributed by atoms with E-state index in [0.29, 0.717) is 31.1 Å². The number of benzene rings is 1. The molecule has 1 atom stereocenters. The lowest BCUT2D eigenvalue weighted by molar-refractivity contribution is -0.128. The summed E-state index contributed by atoms with van der Waals surface area (Å²) in [5.74, 6) is -0.898. The summed E-state index contributed by atoms with van der Waals surface area (Å²) in [4.78, 5) is 25.5. The highest BCUT2D eigenvalue weighted by Gasteiger charge is 2.39. The molecule has 1 saturated heterocycles. The summed E-state index contributed by atoms with van der Waals surface area (Å²) in [5, 5.41) is 5.40. The molecule has 0 spiro atoms. The van der Waals surface area contributed by atoms with Gasteiger partial charge >= 0.3 is 6.03 Å². The first-order chi connectivity index (χ1) is 11.5. The zero-order valence-electron chi connectivity index (χ0n) is 13.4. The van der Waals surface area contributed by atoms with Crippen LogP contribution < -0.4 is 10.6 Å². The summed E-state index contributed by atoms with van der Waals surface area (Å²) in [6.45, 7) is 1.42. The Kier molecular flexibility index (Phi) is 4.97. The Morgan fingerprint density at radius 1 is 1.25 bits per heavy atom. The van der Waals surface area contributed by atoms with E-state index in [1.165, 1.54) is 12.1 Å². The van der Waals surface area contributed by atoms with E-state index in [2.05, 4.69) is 10.6 Å². The van der Waals surface area contributed by atoms with E-state index in [1.54, 1.807) is 0 Å². The highest BCUT2D eigenvalue weighted by atomic mass is 19.1. The van der Waals surface area contributed by atoms with Crippen LogP contribution in [-0.2, 0) is 11.2 Å². The van der Waals surface area contributed by atoms with Crippen LogP contribution in [0.5, 0.6) is 0 Å². The summed E-state index contributed by atoms with van der Waals surface area (Å²) in [5.41, 5.74) is 0.359. The molecule has 2 aliphatic rings. The zero-order chi connectivity index (χ0) is 17.1. The second-order valence-electron chi connectivity index (χ2n) is 6.47. The maximum atomic E-state index is 13.5. The van der Waals surface area contributed by atoms with Gasteiger partial charge < -0.3 is 15.5 Å². The van der Waals surface area contributed by atoms with Crippen LogP contribution in [0.25, 0.3) is 0 Å². The molecule has 1 saturated carbocycles. The first kappa shape index (κ1) is 16.7. The molecule has 24 heavy (non-hydrogen) atoms. The first-order valence-corrected chi connectivity index (χ1v) is 8.28. The second kappa shape index (κ2) is 7.15. The van der Waals surface area contributed by atoms with Crippen LogP contribution in [0, 0.1) is 17.6 Å². The van der Waals surface area contributed by atoms with Crippen molar-refractivity contribution in [3.05, 3.63) is 35.4 Å². The number of nitrogens with zero attached hydrogens (tertiary/aromatic N) is 1. The van der Waals surface area contributed by atoms with Crippen LogP contribution in [0.3, 0.4) is 0 Å². The Morgan fingerprint density at radius 3 is 2.75 bits per heavy atom. The van der Waals surface area contributed by atoms with Gasteiger partial charge in [-0.3, -0.25) is 4.79 Å². The highest BCUT2D eigenvalue weighted by Crippen LogP contribution is 2.32. The molecule has 1 aromatic rings. The SMILES string of the molecule is O=C(NCCc1ccc(F)cc1F)NC[C@@H]1CC(=O)N(C2CC2)C1. The Balaban J connectivity index is 1.35. The summed E-state index contributed by atoms with van der Waals surface area (Å²) in [6.07, 6.45) is 2.95. The normalized spacial score (nSPS) is 20.3. The number of nitrogens with one attached hydrogen (secondary N) is 2. The number of carbonyl (C=O) groups is 2. The average Bonchev–Trinajstić information content (AvgIpc) is 3.31. The number of amides is 3. The van der Waals surface area contributed by atoms with Gasteiger partial charge in [0.1, 0.15) is 11.6 Å². The van der Waals surface area contributed by atoms with E-state index in [-0.39, 0.29) is 30.8 Å². The molecule has 0 bridgehead atoms. The fraction of sp³-hybridized carbons (Fsp3) is 0.529. The van der Waals surface area contributed by atoms with Crippen molar-refractivity contribution in [3.63, 3.8) is 0 Å². The molecular weight excluding hydrogens is 316 g/mol. The summed E-state index contributed by atoms with van der Waals surface area (Å²) >= 11 is 0. The van der Waals surface area contributed by atoms with Gasteiger partial charge in [0.05, 0.1) is 0 Å². The maximum absolute atomic E-state index is 13.5. The topological polar surface area (TPSA) is 61.4 Å². The number of rotatable bonds is 6. The Hall–Kier alpha value is -2.18. The van der Waals surface area contributed by atoms with E-state index in [4.69, 9.17) is 0 Å². The average molecular weight is 337 g/mol. The van der Waals surface area contributed by atoms with Crippen molar-refractivity contribution < 1.29 is 18.4 Å². The van der Waals surface area contributed by atoms with Crippen molar-refractivity contribution in [2.75, 3.05) is 19.6 Å². The number of likely N-dealkylation sites (tertiary alicyclic amines) is 1. The third-order valence-electron chi connectivity index (χ3n) is 4.47. The number of urea groups is 1. The molecule has 5 nitrogen and oxygen atoms in total. The molecule has 1 aliphatic carbocycles. The molecule has 130 valence electrons.